The van der Waals surface area contributed by atoms with Crippen LogP contribution in [0.25, 0.3) is 0 Å². The van der Waals surface area contributed by atoms with E-state index >= 15 is 0 Å². The fraction of sp³-hybridized carbons (Fsp3) is 0.385. The minimum absolute atomic E-state index is 0.166. The second-order valence-corrected chi connectivity index (χ2v) is 4.25. The fourth-order valence-corrected chi connectivity index (χ4v) is 1.43. The molecular weight excluding hydrogens is 202 g/mol. The summed E-state index contributed by atoms with van der Waals surface area (Å²) >= 11 is 0. The summed E-state index contributed by atoms with van der Waals surface area (Å²) in [5.41, 5.74) is 0.452. The summed E-state index contributed by atoms with van der Waals surface area (Å²) in [6.45, 7) is 5.11. The number of ether oxygens (including phenoxy) is 1. The van der Waals surface area contributed by atoms with Gasteiger partial charge in [-0.05, 0) is 44.5 Å². The summed E-state index contributed by atoms with van der Waals surface area (Å²) in [5.74, 6) is 0.576. The maximum absolute atomic E-state index is 12.0. The SMILES string of the molecule is COc1ccc(C(=O)C(C)(C)C#N)cc1C. The lowest BCUT2D eigenvalue weighted by molar-refractivity contribution is 0.0892. The third-order valence-corrected chi connectivity index (χ3v) is 2.50. The highest BCUT2D eigenvalue weighted by Crippen LogP contribution is 2.24. The Hall–Kier alpha value is -1.82. The Balaban J connectivity index is 3.13. The van der Waals surface area contributed by atoms with Crippen molar-refractivity contribution in [3.8, 4) is 11.8 Å². The van der Waals surface area contributed by atoms with Crippen molar-refractivity contribution in [3.05, 3.63) is 29.3 Å². The zero-order valence-corrected chi connectivity index (χ0v) is 10.00. The molecule has 0 amide bonds. The molecule has 0 unspecified atom stereocenters. The van der Waals surface area contributed by atoms with Crippen LogP contribution in [0, 0.1) is 23.7 Å². The van der Waals surface area contributed by atoms with Crippen LogP contribution in [-0.2, 0) is 0 Å². The van der Waals surface area contributed by atoms with Crippen molar-refractivity contribution in [2.75, 3.05) is 7.11 Å². The summed E-state index contributed by atoms with van der Waals surface area (Å²) < 4.78 is 5.12. The fourth-order valence-electron chi connectivity index (χ4n) is 1.43. The van der Waals surface area contributed by atoms with Gasteiger partial charge in [-0.15, -0.1) is 0 Å². The van der Waals surface area contributed by atoms with E-state index in [-0.39, 0.29) is 5.78 Å². The van der Waals surface area contributed by atoms with Gasteiger partial charge in [-0.1, -0.05) is 0 Å². The van der Waals surface area contributed by atoms with Crippen LogP contribution in [0.1, 0.15) is 29.8 Å². The van der Waals surface area contributed by atoms with E-state index in [4.69, 9.17) is 10.00 Å². The molecule has 0 saturated heterocycles. The zero-order valence-electron chi connectivity index (χ0n) is 10.00. The molecule has 0 atom stereocenters. The van der Waals surface area contributed by atoms with E-state index in [1.165, 1.54) is 0 Å². The maximum Gasteiger partial charge on any atom is 0.182 e. The van der Waals surface area contributed by atoms with Crippen molar-refractivity contribution in [2.24, 2.45) is 5.41 Å². The Morgan fingerprint density at radius 1 is 1.44 bits per heavy atom. The Labute approximate surface area is 95.7 Å². The molecule has 3 nitrogen and oxygen atoms in total. The molecule has 0 N–H and O–H groups in total. The maximum atomic E-state index is 12.0. The van der Waals surface area contributed by atoms with E-state index in [2.05, 4.69) is 0 Å². The molecule has 0 aliphatic rings. The van der Waals surface area contributed by atoms with E-state index in [1.807, 2.05) is 13.0 Å². The summed E-state index contributed by atoms with van der Waals surface area (Å²) in [6.07, 6.45) is 0. The Morgan fingerprint density at radius 2 is 2.06 bits per heavy atom. The average Bonchev–Trinajstić information content (AvgIpc) is 2.27. The van der Waals surface area contributed by atoms with Crippen molar-refractivity contribution in [3.63, 3.8) is 0 Å². The minimum atomic E-state index is -0.985. The van der Waals surface area contributed by atoms with Gasteiger partial charge in [-0.2, -0.15) is 5.26 Å². The first-order chi connectivity index (χ1) is 7.42. The molecule has 0 fully saturated rings. The predicted octanol–water partition coefficient (Wildman–Crippen LogP) is 2.74. The van der Waals surface area contributed by atoms with Crippen molar-refractivity contribution >= 4 is 5.78 Å². The number of hydrogen-bond acceptors (Lipinski definition) is 3. The number of rotatable bonds is 3. The summed E-state index contributed by atoms with van der Waals surface area (Å²) in [4.78, 5) is 12.0. The molecule has 0 saturated carbocycles. The molecule has 1 rings (SSSR count). The van der Waals surface area contributed by atoms with Crippen LogP contribution in [0.4, 0.5) is 0 Å². The van der Waals surface area contributed by atoms with Crippen LogP contribution in [0.2, 0.25) is 0 Å². The quantitative estimate of drug-likeness (QED) is 0.731. The van der Waals surface area contributed by atoms with Crippen molar-refractivity contribution in [2.45, 2.75) is 20.8 Å². The highest BCUT2D eigenvalue weighted by molar-refractivity contribution is 6.02. The number of methoxy groups -OCH3 is 1. The number of ketones is 1. The second-order valence-electron chi connectivity index (χ2n) is 4.25. The number of Topliss-reactive ketones (excluding diaryl/α,β-unsaturated/α-hetero) is 1. The standard InChI is InChI=1S/C13H15NO2/c1-9-7-10(5-6-11(9)16-4)12(15)13(2,3)8-14/h5-7H,1-4H3. The van der Waals surface area contributed by atoms with Crippen LogP contribution in [0.3, 0.4) is 0 Å². The minimum Gasteiger partial charge on any atom is -0.496 e. The number of nitriles is 1. The van der Waals surface area contributed by atoms with Crippen molar-refractivity contribution in [1.29, 1.82) is 5.26 Å². The average molecular weight is 217 g/mol. The predicted molar refractivity (Wildman–Crippen MR) is 61.5 cm³/mol. The van der Waals surface area contributed by atoms with E-state index in [0.29, 0.717) is 5.56 Å². The molecule has 1 aromatic rings. The van der Waals surface area contributed by atoms with Gasteiger partial charge in [0.05, 0.1) is 13.2 Å². The number of nitrogens with zero attached hydrogens (tertiary/aromatic N) is 1. The Morgan fingerprint density at radius 3 is 2.50 bits per heavy atom. The molecule has 1 aromatic carbocycles. The van der Waals surface area contributed by atoms with Gasteiger partial charge < -0.3 is 4.74 Å². The van der Waals surface area contributed by atoms with E-state index in [0.717, 1.165) is 11.3 Å². The number of benzene rings is 1. The van der Waals surface area contributed by atoms with Gasteiger partial charge in [-0.25, -0.2) is 0 Å². The third-order valence-electron chi connectivity index (χ3n) is 2.50. The van der Waals surface area contributed by atoms with Crippen molar-refractivity contribution < 1.29 is 9.53 Å². The monoisotopic (exact) mass is 217 g/mol. The first kappa shape index (κ1) is 12.3. The largest absolute Gasteiger partial charge is 0.496 e. The first-order valence-electron chi connectivity index (χ1n) is 5.03. The van der Waals surface area contributed by atoms with Gasteiger partial charge in [0.15, 0.2) is 5.78 Å². The van der Waals surface area contributed by atoms with E-state index < -0.39 is 5.41 Å². The van der Waals surface area contributed by atoms with E-state index in [1.54, 1.807) is 39.2 Å². The van der Waals surface area contributed by atoms with Crippen LogP contribution in [-0.4, -0.2) is 12.9 Å². The molecular formula is C13H15NO2. The summed E-state index contributed by atoms with van der Waals surface area (Å²) in [5, 5.41) is 8.90. The van der Waals surface area contributed by atoms with Gasteiger partial charge in [0.25, 0.3) is 0 Å². The van der Waals surface area contributed by atoms with Gasteiger partial charge >= 0.3 is 0 Å². The molecule has 0 radical (unpaired) electrons. The molecule has 84 valence electrons. The van der Waals surface area contributed by atoms with Gasteiger partial charge in [0.1, 0.15) is 11.2 Å². The van der Waals surface area contributed by atoms with Gasteiger partial charge in [0.2, 0.25) is 0 Å². The van der Waals surface area contributed by atoms with Gasteiger partial charge in [0, 0.05) is 5.56 Å². The molecule has 16 heavy (non-hydrogen) atoms. The highest BCUT2D eigenvalue weighted by atomic mass is 16.5. The lowest BCUT2D eigenvalue weighted by Crippen LogP contribution is -2.22. The number of carbonyl (C=O) groups excluding carboxylic acids is 1. The molecule has 0 spiro atoms. The molecule has 0 bridgehead atoms. The van der Waals surface area contributed by atoms with Gasteiger partial charge in [-0.3, -0.25) is 4.79 Å². The first-order valence-corrected chi connectivity index (χ1v) is 5.03. The molecule has 3 heteroatoms. The summed E-state index contributed by atoms with van der Waals surface area (Å²) in [6, 6.07) is 7.19. The number of carbonyl (C=O) groups is 1. The summed E-state index contributed by atoms with van der Waals surface area (Å²) in [7, 11) is 1.59. The van der Waals surface area contributed by atoms with E-state index in [9.17, 15) is 4.79 Å². The second kappa shape index (κ2) is 4.36. The number of hydrogen-bond donors (Lipinski definition) is 0. The molecule has 0 heterocycles. The smallest absolute Gasteiger partial charge is 0.182 e. The third kappa shape index (κ3) is 2.22. The lowest BCUT2D eigenvalue weighted by Gasteiger charge is -2.14. The molecule has 0 aliphatic carbocycles. The lowest BCUT2D eigenvalue weighted by atomic mass is 9.85. The van der Waals surface area contributed by atoms with Crippen LogP contribution < -0.4 is 4.74 Å². The van der Waals surface area contributed by atoms with Crippen LogP contribution >= 0.6 is 0 Å². The van der Waals surface area contributed by atoms with Crippen LogP contribution in [0.5, 0.6) is 5.75 Å². The topological polar surface area (TPSA) is 50.1 Å². The Bertz CT molecular complexity index is 455. The zero-order chi connectivity index (χ0) is 12.3. The molecule has 0 aromatic heterocycles. The normalized spacial score (nSPS) is 10.7. The molecule has 0 aliphatic heterocycles. The Kier molecular flexibility index (Phi) is 3.34. The highest BCUT2D eigenvalue weighted by Gasteiger charge is 2.28. The number of aryl methyl sites for hydroxylation is 1. The van der Waals surface area contributed by atoms with Crippen molar-refractivity contribution in [1.82, 2.24) is 0 Å². The van der Waals surface area contributed by atoms with Crippen LogP contribution in [0.15, 0.2) is 18.2 Å².